The summed E-state index contributed by atoms with van der Waals surface area (Å²) in [5, 5.41) is 19.2. The molecule has 0 saturated heterocycles. The van der Waals surface area contributed by atoms with Crippen LogP contribution in [0.4, 0.5) is 5.69 Å². The van der Waals surface area contributed by atoms with E-state index in [4.69, 9.17) is 5.26 Å². The third kappa shape index (κ3) is 1.64. The third-order valence-corrected chi connectivity index (χ3v) is 1.80. The van der Waals surface area contributed by atoms with Crippen LogP contribution in [0.5, 0.6) is 0 Å². The number of rotatable bonds is 2. The van der Waals surface area contributed by atoms with E-state index in [-0.39, 0.29) is 11.3 Å². The molecular weight excluding hydrogens is 168 g/mol. The van der Waals surface area contributed by atoms with Gasteiger partial charge in [-0.15, -0.1) is 0 Å². The second kappa shape index (κ2) is 3.68. The van der Waals surface area contributed by atoms with Crippen molar-refractivity contribution in [3.05, 3.63) is 39.4 Å². The molecule has 0 spiro atoms. The highest BCUT2D eigenvalue weighted by molar-refractivity contribution is 5.53. The second-order valence-electron chi connectivity index (χ2n) is 2.54. The van der Waals surface area contributed by atoms with E-state index in [0.717, 1.165) is 0 Å². The molecule has 4 heteroatoms. The lowest BCUT2D eigenvalue weighted by Crippen LogP contribution is -1.97. The van der Waals surface area contributed by atoms with E-state index in [2.05, 4.69) is 0 Å². The van der Waals surface area contributed by atoms with Crippen molar-refractivity contribution in [3.63, 3.8) is 0 Å². The van der Waals surface area contributed by atoms with E-state index in [9.17, 15) is 10.1 Å². The topological polar surface area (TPSA) is 66.9 Å². The SMILES string of the molecule is CCc1cccc(C#N)c1[N+](=O)[O-]. The first-order valence-corrected chi connectivity index (χ1v) is 3.87. The molecule has 0 aromatic heterocycles. The van der Waals surface area contributed by atoms with E-state index in [1.165, 1.54) is 6.07 Å². The van der Waals surface area contributed by atoms with Gasteiger partial charge in [0.2, 0.25) is 0 Å². The number of nitro benzene ring substituents is 1. The molecular formula is C9H8N2O2. The zero-order chi connectivity index (χ0) is 9.84. The molecule has 1 aromatic rings. The van der Waals surface area contributed by atoms with E-state index in [1.54, 1.807) is 12.1 Å². The number of aryl methyl sites for hydroxylation is 1. The Labute approximate surface area is 75.6 Å². The summed E-state index contributed by atoms with van der Waals surface area (Å²) in [6.45, 7) is 1.82. The van der Waals surface area contributed by atoms with Crippen LogP contribution in [-0.4, -0.2) is 4.92 Å². The predicted octanol–water partition coefficient (Wildman–Crippen LogP) is 2.03. The molecule has 0 radical (unpaired) electrons. The van der Waals surface area contributed by atoms with Gasteiger partial charge < -0.3 is 0 Å². The maximum absolute atomic E-state index is 10.6. The van der Waals surface area contributed by atoms with Gasteiger partial charge in [-0.05, 0) is 12.5 Å². The van der Waals surface area contributed by atoms with Crippen molar-refractivity contribution in [2.75, 3.05) is 0 Å². The standard InChI is InChI=1S/C9H8N2O2/c1-2-7-4-3-5-8(6-10)9(7)11(12)13/h3-5H,2H2,1H3. The summed E-state index contributed by atoms with van der Waals surface area (Å²) in [5.41, 5.74) is 0.668. The quantitative estimate of drug-likeness (QED) is 0.511. The molecule has 0 heterocycles. The van der Waals surface area contributed by atoms with Gasteiger partial charge in [0.25, 0.3) is 5.69 Å². The molecule has 0 saturated carbocycles. The maximum Gasteiger partial charge on any atom is 0.290 e. The summed E-state index contributed by atoms with van der Waals surface area (Å²) in [6.07, 6.45) is 0.561. The first-order chi connectivity index (χ1) is 6.20. The Morgan fingerprint density at radius 3 is 2.77 bits per heavy atom. The molecule has 0 aliphatic carbocycles. The molecule has 0 aliphatic rings. The molecule has 4 nitrogen and oxygen atoms in total. The van der Waals surface area contributed by atoms with Gasteiger partial charge in [0, 0.05) is 5.56 Å². The maximum atomic E-state index is 10.6. The Morgan fingerprint density at radius 2 is 2.31 bits per heavy atom. The lowest BCUT2D eigenvalue weighted by molar-refractivity contribution is -0.385. The number of para-hydroxylation sites is 1. The van der Waals surface area contributed by atoms with Crippen LogP contribution in [-0.2, 0) is 6.42 Å². The van der Waals surface area contributed by atoms with Crippen LogP contribution in [0.2, 0.25) is 0 Å². The second-order valence-corrected chi connectivity index (χ2v) is 2.54. The average Bonchev–Trinajstić information content (AvgIpc) is 2.16. The fraction of sp³-hybridized carbons (Fsp3) is 0.222. The minimum Gasteiger partial charge on any atom is -0.258 e. The Bertz CT molecular complexity index is 380. The molecule has 1 aromatic carbocycles. The van der Waals surface area contributed by atoms with Crippen LogP contribution in [0.25, 0.3) is 0 Å². The first kappa shape index (κ1) is 9.20. The summed E-state index contributed by atoms with van der Waals surface area (Å²) >= 11 is 0. The highest BCUT2D eigenvalue weighted by atomic mass is 16.6. The Balaban J connectivity index is 3.41. The van der Waals surface area contributed by atoms with E-state index in [0.29, 0.717) is 12.0 Å². The highest BCUT2D eigenvalue weighted by Gasteiger charge is 2.17. The van der Waals surface area contributed by atoms with Crippen LogP contribution in [0, 0.1) is 21.4 Å². The Kier molecular flexibility index (Phi) is 2.60. The lowest BCUT2D eigenvalue weighted by Gasteiger charge is -1.99. The van der Waals surface area contributed by atoms with E-state index in [1.807, 2.05) is 13.0 Å². The molecule has 1 rings (SSSR count). The summed E-state index contributed by atoms with van der Waals surface area (Å²) in [5.74, 6) is 0. The first-order valence-electron chi connectivity index (χ1n) is 3.87. The molecule has 0 unspecified atom stereocenters. The third-order valence-electron chi connectivity index (χ3n) is 1.80. The van der Waals surface area contributed by atoms with Crippen LogP contribution in [0.1, 0.15) is 18.1 Å². The number of hydrogen-bond donors (Lipinski definition) is 0. The summed E-state index contributed by atoms with van der Waals surface area (Å²) < 4.78 is 0. The number of nitrogens with zero attached hydrogens (tertiary/aromatic N) is 2. The van der Waals surface area contributed by atoms with Crippen LogP contribution < -0.4 is 0 Å². The van der Waals surface area contributed by atoms with E-state index >= 15 is 0 Å². The van der Waals surface area contributed by atoms with Crippen molar-refractivity contribution in [1.82, 2.24) is 0 Å². The average molecular weight is 176 g/mol. The van der Waals surface area contributed by atoms with Crippen molar-refractivity contribution in [3.8, 4) is 6.07 Å². The monoisotopic (exact) mass is 176 g/mol. The van der Waals surface area contributed by atoms with Crippen LogP contribution in [0.15, 0.2) is 18.2 Å². The fourth-order valence-corrected chi connectivity index (χ4v) is 1.18. The summed E-state index contributed by atoms with van der Waals surface area (Å²) in [4.78, 5) is 10.1. The predicted molar refractivity (Wildman–Crippen MR) is 47.2 cm³/mol. The van der Waals surface area contributed by atoms with Gasteiger partial charge in [-0.25, -0.2) is 0 Å². The minimum atomic E-state index is -0.503. The van der Waals surface area contributed by atoms with Crippen molar-refractivity contribution >= 4 is 5.69 Å². The van der Waals surface area contributed by atoms with Crippen molar-refractivity contribution in [1.29, 1.82) is 5.26 Å². The molecule has 0 bridgehead atoms. The Morgan fingerprint density at radius 1 is 1.62 bits per heavy atom. The lowest BCUT2D eigenvalue weighted by atomic mass is 10.1. The van der Waals surface area contributed by atoms with Gasteiger partial charge in [-0.2, -0.15) is 5.26 Å². The largest absolute Gasteiger partial charge is 0.290 e. The van der Waals surface area contributed by atoms with Gasteiger partial charge in [0.1, 0.15) is 11.6 Å². The fourth-order valence-electron chi connectivity index (χ4n) is 1.18. The summed E-state index contributed by atoms with van der Waals surface area (Å²) in [7, 11) is 0. The van der Waals surface area contributed by atoms with Crippen LogP contribution >= 0.6 is 0 Å². The smallest absolute Gasteiger partial charge is 0.258 e. The molecule has 0 aliphatic heterocycles. The zero-order valence-electron chi connectivity index (χ0n) is 7.15. The number of hydrogen-bond acceptors (Lipinski definition) is 3. The molecule has 66 valence electrons. The zero-order valence-corrected chi connectivity index (χ0v) is 7.15. The number of nitriles is 1. The molecule has 0 fully saturated rings. The normalized spacial score (nSPS) is 9.23. The Hall–Kier alpha value is -1.89. The van der Waals surface area contributed by atoms with Crippen LogP contribution in [0.3, 0.4) is 0 Å². The van der Waals surface area contributed by atoms with Crippen molar-refractivity contribution < 1.29 is 4.92 Å². The highest BCUT2D eigenvalue weighted by Crippen LogP contribution is 2.23. The number of benzene rings is 1. The van der Waals surface area contributed by atoms with E-state index < -0.39 is 4.92 Å². The van der Waals surface area contributed by atoms with Gasteiger partial charge in [-0.1, -0.05) is 19.1 Å². The van der Waals surface area contributed by atoms with Crippen molar-refractivity contribution in [2.24, 2.45) is 0 Å². The van der Waals surface area contributed by atoms with Gasteiger partial charge >= 0.3 is 0 Å². The van der Waals surface area contributed by atoms with Gasteiger partial charge in [0.15, 0.2) is 0 Å². The van der Waals surface area contributed by atoms with Crippen molar-refractivity contribution in [2.45, 2.75) is 13.3 Å². The molecule has 13 heavy (non-hydrogen) atoms. The molecule has 0 N–H and O–H groups in total. The number of nitro groups is 1. The minimum absolute atomic E-state index is 0.0625. The van der Waals surface area contributed by atoms with Gasteiger partial charge in [-0.3, -0.25) is 10.1 Å². The molecule has 0 atom stereocenters. The molecule has 0 amide bonds. The van der Waals surface area contributed by atoms with Gasteiger partial charge in [0.05, 0.1) is 4.92 Å². The summed E-state index contributed by atoms with van der Waals surface area (Å²) in [6, 6.07) is 6.59.